The summed E-state index contributed by atoms with van der Waals surface area (Å²) in [4.78, 5) is 47.6. The lowest BCUT2D eigenvalue weighted by Crippen LogP contribution is -2.44. The zero-order valence-electron chi connectivity index (χ0n) is 23.3. The van der Waals surface area contributed by atoms with Gasteiger partial charge in [-0.3, -0.25) is 9.59 Å². The number of nitrogens with one attached hydrogen (secondary N) is 2. The fraction of sp³-hybridized carbons (Fsp3) is 0.200. The number of carbonyl (C=O) groups excluding carboxylic acids is 1. The van der Waals surface area contributed by atoms with Gasteiger partial charge in [0.2, 0.25) is 12.4 Å². The molecule has 0 aliphatic carbocycles. The highest BCUT2D eigenvalue weighted by Crippen LogP contribution is 2.28. The molecule has 13 heteroatoms. The first-order chi connectivity index (χ1) is 21.1. The second-order valence-electron chi connectivity index (χ2n) is 10.2. The van der Waals surface area contributed by atoms with Gasteiger partial charge in [0.15, 0.2) is 23.8 Å². The van der Waals surface area contributed by atoms with Crippen molar-refractivity contribution < 1.29 is 9.53 Å². The van der Waals surface area contributed by atoms with Crippen molar-refractivity contribution in [3.63, 3.8) is 0 Å². The molecule has 43 heavy (non-hydrogen) atoms. The van der Waals surface area contributed by atoms with Crippen LogP contribution in [-0.4, -0.2) is 80.4 Å². The molecule has 0 saturated carbocycles. The van der Waals surface area contributed by atoms with E-state index in [2.05, 4.69) is 54.6 Å². The normalized spacial score (nSPS) is 13.9. The lowest BCUT2D eigenvalue weighted by atomic mass is 10.2. The Morgan fingerprint density at radius 2 is 1.79 bits per heavy atom. The number of rotatable bonds is 8. The molecular formula is C30H28N10O3. The van der Waals surface area contributed by atoms with Crippen molar-refractivity contribution in [2.24, 2.45) is 0 Å². The monoisotopic (exact) mass is 576 g/mol. The van der Waals surface area contributed by atoms with Gasteiger partial charge < -0.3 is 25.2 Å². The maximum Gasteiger partial charge on any atom is 0.284 e. The summed E-state index contributed by atoms with van der Waals surface area (Å²) >= 11 is 0. The Bertz CT molecular complexity index is 2000. The summed E-state index contributed by atoms with van der Waals surface area (Å²) in [5.41, 5.74) is 3.00. The van der Waals surface area contributed by atoms with Gasteiger partial charge in [-0.25, -0.2) is 19.6 Å². The fourth-order valence-corrected chi connectivity index (χ4v) is 5.27. The van der Waals surface area contributed by atoms with Crippen LogP contribution in [0.2, 0.25) is 0 Å². The molecule has 2 aromatic carbocycles. The zero-order valence-corrected chi connectivity index (χ0v) is 23.3. The van der Waals surface area contributed by atoms with Gasteiger partial charge in [-0.05, 0) is 55.6 Å². The number of benzene rings is 2. The van der Waals surface area contributed by atoms with Crippen LogP contribution in [0.25, 0.3) is 33.4 Å². The van der Waals surface area contributed by atoms with Gasteiger partial charge in [-0.15, -0.1) is 0 Å². The molecule has 1 fully saturated rings. The van der Waals surface area contributed by atoms with E-state index < -0.39 is 0 Å². The average molecular weight is 577 g/mol. The molecule has 1 aliphatic heterocycles. The van der Waals surface area contributed by atoms with E-state index >= 15 is 0 Å². The molecule has 5 heterocycles. The average Bonchev–Trinajstić information content (AvgIpc) is 3.36. The van der Waals surface area contributed by atoms with Gasteiger partial charge in [-0.2, -0.15) is 9.50 Å². The standard InChI is InChI=1S/C30H28N10O3/c1-37-12-14-38(15-13-37)21-7-5-20(6-8-21)34-30-33-17-24-27(36-30)35-28-23-10-9-22(43-19-31-18-41)16-25(23)39(40(28)29(24)42)26-4-2-3-11-32-26/h2-11,16-18H,12-15,19H2,1H3,(H,31,41)(H,33,34,36). The van der Waals surface area contributed by atoms with Crippen molar-refractivity contribution in [1.29, 1.82) is 0 Å². The Kier molecular flexibility index (Phi) is 6.75. The molecular weight excluding hydrogens is 548 g/mol. The summed E-state index contributed by atoms with van der Waals surface area (Å²) in [7, 11) is 2.14. The first kappa shape index (κ1) is 26.3. The van der Waals surface area contributed by atoms with Crippen LogP contribution in [0.15, 0.2) is 77.9 Å². The summed E-state index contributed by atoms with van der Waals surface area (Å²) in [5, 5.41) is 6.68. The number of anilines is 3. The van der Waals surface area contributed by atoms with Crippen molar-refractivity contribution in [3.8, 4) is 11.6 Å². The predicted octanol–water partition coefficient (Wildman–Crippen LogP) is 2.55. The van der Waals surface area contributed by atoms with E-state index in [1.807, 2.05) is 24.3 Å². The van der Waals surface area contributed by atoms with Gasteiger partial charge in [-0.1, -0.05) is 6.07 Å². The topological polar surface area (TPSA) is 135 Å². The third kappa shape index (κ3) is 4.95. The maximum absolute atomic E-state index is 13.9. The number of fused-ring (bicyclic) bond motifs is 4. The summed E-state index contributed by atoms with van der Waals surface area (Å²) < 4.78 is 8.80. The lowest BCUT2D eigenvalue weighted by molar-refractivity contribution is -0.110. The van der Waals surface area contributed by atoms with Crippen molar-refractivity contribution in [1.82, 2.24) is 39.3 Å². The highest BCUT2D eigenvalue weighted by Gasteiger charge is 2.20. The molecule has 216 valence electrons. The highest BCUT2D eigenvalue weighted by atomic mass is 16.5. The first-order valence-corrected chi connectivity index (χ1v) is 13.8. The molecule has 0 radical (unpaired) electrons. The van der Waals surface area contributed by atoms with E-state index in [9.17, 15) is 9.59 Å². The summed E-state index contributed by atoms with van der Waals surface area (Å²) in [6.45, 7) is 4.08. The van der Waals surface area contributed by atoms with Crippen LogP contribution in [0.3, 0.4) is 0 Å². The Labute approximate surface area is 245 Å². The molecule has 7 rings (SSSR count). The maximum atomic E-state index is 13.9. The van der Waals surface area contributed by atoms with Crippen molar-refractivity contribution >= 4 is 51.3 Å². The van der Waals surface area contributed by atoms with E-state index in [1.165, 1.54) is 16.4 Å². The summed E-state index contributed by atoms with van der Waals surface area (Å²) in [5.74, 6) is 1.36. The summed E-state index contributed by atoms with van der Waals surface area (Å²) in [6.07, 6.45) is 3.71. The van der Waals surface area contributed by atoms with Crippen molar-refractivity contribution in [2.45, 2.75) is 0 Å². The second-order valence-corrected chi connectivity index (χ2v) is 10.2. The largest absolute Gasteiger partial charge is 0.473 e. The molecule has 0 spiro atoms. The number of likely N-dealkylation sites (N-methyl/N-ethyl adjacent to an activating group) is 1. The Hall–Kier alpha value is -5.56. The van der Waals surface area contributed by atoms with Crippen LogP contribution < -0.4 is 25.8 Å². The minimum absolute atomic E-state index is 0.00481. The van der Waals surface area contributed by atoms with Gasteiger partial charge >= 0.3 is 0 Å². The number of hydrogen-bond acceptors (Lipinski definition) is 10. The number of carbonyl (C=O) groups is 1. The molecule has 0 atom stereocenters. The molecule has 0 bridgehead atoms. The van der Waals surface area contributed by atoms with E-state index in [-0.39, 0.29) is 23.3 Å². The second kappa shape index (κ2) is 11.0. The van der Waals surface area contributed by atoms with Gasteiger partial charge in [0.25, 0.3) is 5.56 Å². The predicted molar refractivity (Wildman–Crippen MR) is 163 cm³/mol. The van der Waals surface area contributed by atoms with Crippen LogP contribution in [0, 0.1) is 0 Å². The SMILES string of the molecule is CN1CCN(c2ccc(Nc3ncc4c(=O)n5c(nc4n3)c3ccc(OCNC=O)cc3n5-c3ccccn3)cc2)CC1. The number of nitrogens with zero attached hydrogens (tertiary/aromatic N) is 8. The molecule has 0 unspecified atom stereocenters. The Morgan fingerprint density at radius 1 is 0.953 bits per heavy atom. The molecule has 2 N–H and O–H groups in total. The third-order valence-electron chi connectivity index (χ3n) is 7.51. The molecule has 1 aliphatic rings. The number of amides is 1. The summed E-state index contributed by atoms with van der Waals surface area (Å²) in [6, 6.07) is 19.0. The Balaban J connectivity index is 1.28. The van der Waals surface area contributed by atoms with Crippen LogP contribution >= 0.6 is 0 Å². The number of ether oxygens (including phenoxy) is 1. The molecule has 6 aromatic rings. The minimum atomic E-state index is -0.338. The van der Waals surface area contributed by atoms with E-state index in [1.54, 1.807) is 35.1 Å². The number of pyridine rings is 1. The number of aromatic nitrogens is 6. The molecule has 1 saturated heterocycles. The van der Waals surface area contributed by atoms with E-state index in [4.69, 9.17) is 9.72 Å². The highest BCUT2D eigenvalue weighted by molar-refractivity contribution is 5.96. The van der Waals surface area contributed by atoms with Crippen LogP contribution in [-0.2, 0) is 4.79 Å². The molecule has 13 nitrogen and oxygen atoms in total. The third-order valence-corrected chi connectivity index (χ3v) is 7.51. The van der Waals surface area contributed by atoms with Crippen LogP contribution in [0.4, 0.5) is 17.3 Å². The van der Waals surface area contributed by atoms with Crippen LogP contribution in [0.5, 0.6) is 5.75 Å². The smallest absolute Gasteiger partial charge is 0.284 e. The van der Waals surface area contributed by atoms with Crippen molar-refractivity contribution in [2.75, 3.05) is 50.2 Å². The fourth-order valence-electron chi connectivity index (χ4n) is 5.27. The van der Waals surface area contributed by atoms with Crippen LogP contribution in [0.1, 0.15) is 0 Å². The molecule has 4 aromatic heterocycles. The van der Waals surface area contributed by atoms with E-state index in [0.717, 1.165) is 31.9 Å². The Morgan fingerprint density at radius 3 is 2.56 bits per heavy atom. The first-order valence-electron chi connectivity index (χ1n) is 13.8. The van der Waals surface area contributed by atoms with Gasteiger partial charge in [0.1, 0.15) is 11.1 Å². The quantitative estimate of drug-likeness (QED) is 0.158. The van der Waals surface area contributed by atoms with E-state index in [0.29, 0.717) is 40.5 Å². The lowest BCUT2D eigenvalue weighted by Gasteiger charge is -2.34. The van der Waals surface area contributed by atoms with Crippen molar-refractivity contribution in [3.05, 3.63) is 83.4 Å². The zero-order chi connectivity index (χ0) is 29.3. The molecule has 1 amide bonds. The number of hydrogen-bond donors (Lipinski definition) is 2. The van der Waals surface area contributed by atoms with Gasteiger partial charge in [0.05, 0.1) is 5.52 Å². The number of piperazine rings is 1. The minimum Gasteiger partial charge on any atom is -0.473 e. The van der Waals surface area contributed by atoms with Gasteiger partial charge in [0, 0.05) is 61.4 Å².